The Bertz CT molecular complexity index is 4060. The molecule has 0 radical (unpaired) electrons. The molecule has 1 aliphatic carbocycles. The van der Waals surface area contributed by atoms with Gasteiger partial charge in [0.05, 0.1) is 22.2 Å². The average molecular weight is 788 g/mol. The zero-order chi connectivity index (χ0) is 40.8. The van der Waals surface area contributed by atoms with Gasteiger partial charge in [0.15, 0.2) is 0 Å². The van der Waals surface area contributed by atoms with Crippen molar-refractivity contribution in [2.45, 2.75) is 19.3 Å². The molecular formula is C59H37N3. The topological polar surface area (TPSA) is 30.7 Å². The first-order chi connectivity index (χ1) is 30.5. The van der Waals surface area contributed by atoms with Crippen molar-refractivity contribution in [3.63, 3.8) is 0 Å². The molecule has 13 aromatic rings. The van der Waals surface area contributed by atoms with Gasteiger partial charge in [-0.3, -0.25) is 4.57 Å². The van der Waals surface area contributed by atoms with Gasteiger partial charge in [0.2, 0.25) is 5.95 Å². The monoisotopic (exact) mass is 787 g/mol. The molecule has 3 heteroatoms. The minimum Gasteiger partial charge on any atom is -0.278 e. The lowest BCUT2D eigenvalue weighted by atomic mass is 9.80. The molecule has 0 fully saturated rings. The highest BCUT2D eigenvalue weighted by Gasteiger charge is 2.37. The summed E-state index contributed by atoms with van der Waals surface area (Å²) in [5, 5.41) is 16.3. The number of fused-ring (bicyclic) bond motifs is 12. The van der Waals surface area contributed by atoms with Crippen molar-refractivity contribution in [3.05, 3.63) is 199 Å². The van der Waals surface area contributed by atoms with Crippen LogP contribution in [0.5, 0.6) is 0 Å². The largest absolute Gasteiger partial charge is 0.278 e. The second-order valence-corrected chi connectivity index (χ2v) is 17.7. The molecule has 0 unspecified atom stereocenters. The average Bonchev–Trinajstić information content (AvgIpc) is 3.78. The van der Waals surface area contributed by atoms with Gasteiger partial charge in [0, 0.05) is 27.1 Å². The summed E-state index contributed by atoms with van der Waals surface area (Å²) in [6, 6.07) is 69.1. The Kier molecular flexibility index (Phi) is 6.63. The number of rotatable bonds is 3. The van der Waals surface area contributed by atoms with E-state index in [1.54, 1.807) is 0 Å². The number of nitrogens with zero attached hydrogens (tertiary/aromatic N) is 3. The van der Waals surface area contributed by atoms with Gasteiger partial charge in [-0.1, -0.05) is 172 Å². The summed E-state index contributed by atoms with van der Waals surface area (Å²) in [7, 11) is 0. The molecule has 0 atom stereocenters. The third kappa shape index (κ3) is 4.44. The Morgan fingerprint density at radius 1 is 0.387 bits per heavy atom. The predicted octanol–water partition coefficient (Wildman–Crippen LogP) is 15.6. The van der Waals surface area contributed by atoms with Gasteiger partial charge in [0.25, 0.3) is 0 Å². The summed E-state index contributed by atoms with van der Waals surface area (Å²) < 4.78 is 2.32. The molecule has 3 nitrogen and oxygen atoms in total. The van der Waals surface area contributed by atoms with Crippen LogP contribution in [0.2, 0.25) is 0 Å². The Hall–Kier alpha value is -7.88. The van der Waals surface area contributed by atoms with Gasteiger partial charge in [-0.15, -0.1) is 0 Å². The number of benzene rings is 11. The van der Waals surface area contributed by atoms with Crippen molar-refractivity contribution < 1.29 is 0 Å². The molecule has 62 heavy (non-hydrogen) atoms. The van der Waals surface area contributed by atoms with Crippen molar-refractivity contribution in [2.75, 3.05) is 0 Å². The standard InChI is InChI=1S/C59H37N3/c1-59(2)48-22-8-5-15-41(48)55-44-20-11-18-39-40-19-12-21-45-54(40)47(46(53(39)44)32-49(55)59)33-52-56(45)43-17-7-10-24-51(43)62(52)58-60-50-23-9-6-16-42(50)57(61-58)36-28-25-35(26-29-36)38-30-27-34-13-3-4-14-37(34)31-38/h3-33H,1-2H3. The molecule has 11 aromatic carbocycles. The molecule has 0 saturated heterocycles. The summed E-state index contributed by atoms with van der Waals surface area (Å²) in [5.74, 6) is 0.665. The zero-order valence-electron chi connectivity index (χ0n) is 34.2. The molecule has 0 aliphatic heterocycles. The fourth-order valence-corrected chi connectivity index (χ4v) is 11.3. The van der Waals surface area contributed by atoms with Crippen molar-refractivity contribution >= 4 is 86.6 Å². The maximum absolute atomic E-state index is 5.54. The lowest BCUT2D eigenvalue weighted by Gasteiger charge is -2.23. The maximum Gasteiger partial charge on any atom is 0.235 e. The summed E-state index contributed by atoms with van der Waals surface area (Å²) >= 11 is 0. The molecule has 288 valence electrons. The summed E-state index contributed by atoms with van der Waals surface area (Å²) in [5.41, 5.74) is 12.8. The third-order valence-electron chi connectivity index (χ3n) is 14.1. The van der Waals surface area contributed by atoms with Crippen LogP contribution < -0.4 is 0 Å². The molecule has 0 amide bonds. The van der Waals surface area contributed by atoms with Crippen molar-refractivity contribution in [1.82, 2.24) is 14.5 Å². The van der Waals surface area contributed by atoms with E-state index in [1.807, 2.05) is 0 Å². The van der Waals surface area contributed by atoms with E-state index in [9.17, 15) is 0 Å². The predicted molar refractivity (Wildman–Crippen MR) is 261 cm³/mol. The minimum absolute atomic E-state index is 0.134. The van der Waals surface area contributed by atoms with Crippen LogP contribution in [-0.4, -0.2) is 14.5 Å². The van der Waals surface area contributed by atoms with Crippen LogP contribution in [0.4, 0.5) is 0 Å². The molecule has 0 N–H and O–H groups in total. The second-order valence-electron chi connectivity index (χ2n) is 17.7. The van der Waals surface area contributed by atoms with E-state index < -0.39 is 0 Å². The van der Waals surface area contributed by atoms with E-state index in [2.05, 4.69) is 206 Å². The highest BCUT2D eigenvalue weighted by atomic mass is 15.2. The number of aromatic nitrogens is 3. The fraction of sp³-hybridized carbons (Fsp3) is 0.0508. The van der Waals surface area contributed by atoms with Gasteiger partial charge in [-0.2, -0.15) is 0 Å². The smallest absolute Gasteiger partial charge is 0.235 e. The first-order valence-electron chi connectivity index (χ1n) is 21.6. The first-order valence-corrected chi connectivity index (χ1v) is 21.6. The Morgan fingerprint density at radius 2 is 1.02 bits per heavy atom. The number of para-hydroxylation sites is 2. The van der Waals surface area contributed by atoms with E-state index in [0.717, 1.165) is 33.2 Å². The molecule has 1 aliphatic rings. The lowest BCUT2D eigenvalue weighted by Crippen LogP contribution is -2.14. The SMILES string of the molecule is CC1(C)c2ccccc2-c2c1cc1c3cc4c(c5cccc(c6cccc2c61)c35)c1ccccc1n4-c1nc(-c2ccc(-c3ccc4ccccc4c3)cc2)c2ccccc2n1. The van der Waals surface area contributed by atoms with E-state index in [4.69, 9.17) is 9.97 Å². The molecular weight excluding hydrogens is 751 g/mol. The second kappa shape index (κ2) is 12.1. The van der Waals surface area contributed by atoms with Crippen LogP contribution >= 0.6 is 0 Å². The van der Waals surface area contributed by atoms with Gasteiger partial charge < -0.3 is 0 Å². The zero-order valence-corrected chi connectivity index (χ0v) is 34.2. The molecule has 0 saturated carbocycles. The number of hydrogen-bond acceptors (Lipinski definition) is 2. The lowest BCUT2D eigenvalue weighted by molar-refractivity contribution is 0.661. The Balaban J connectivity index is 1.05. The summed E-state index contributed by atoms with van der Waals surface area (Å²) in [6.45, 7) is 4.78. The molecule has 0 bridgehead atoms. The van der Waals surface area contributed by atoms with Crippen LogP contribution in [-0.2, 0) is 5.41 Å². The molecule has 14 rings (SSSR count). The first kappa shape index (κ1) is 33.9. The van der Waals surface area contributed by atoms with Crippen LogP contribution in [0, 0.1) is 0 Å². The van der Waals surface area contributed by atoms with Gasteiger partial charge in [-0.25, -0.2) is 9.97 Å². The van der Waals surface area contributed by atoms with E-state index >= 15 is 0 Å². The third-order valence-corrected chi connectivity index (χ3v) is 14.1. The van der Waals surface area contributed by atoms with Crippen LogP contribution in [0.1, 0.15) is 25.0 Å². The highest BCUT2D eigenvalue weighted by molar-refractivity contribution is 6.39. The molecule has 2 heterocycles. The van der Waals surface area contributed by atoms with Crippen LogP contribution in [0.15, 0.2) is 188 Å². The maximum atomic E-state index is 5.54. The summed E-state index contributed by atoms with van der Waals surface area (Å²) in [6.07, 6.45) is 0. The van der Waals surface area contributed by atoms with Gasteiger partial charge in [0.1, 0.15) is 0 Å². The number of hydrogen-bond donors (Lipinski definition) is 0. The molecule has 0 spiro atoms. The Morgan fingerprint density at radius 3 is 1.87 bits per heavy atom. The van der Waals surface area contributed by atoms with E-state index in [1.165, 1.54) is 98.0 Å². The van der Waals surface area contributed by atoms with E-state index in [0.29, 0.717) is 5.95 Å². The van der Waals surface area contributed by atoms with Gasteiger partial charge >= 0.3 is 0 Å². The van der Waals surface area contributed by atoms with Crippen LogP contribution in [0.25, 0.3) is 126 Å². The minimum atomic E-state index is -0.134. The normalized spacial score (nSPS) is 13.5. The van der Waals surface area contributed by atoms with E-state index in [-0.39, 0.29) is 5.41 Å². The quantitative estimate of drug-likeness (QED) is 0.132. The fourth-order valence-electron chi connectivity index (χ4n) is 11.3. The summed E-state index contributed by atoms with van der Waals surface area (Å²) in [4.78, 5) is 10.9. The van der Waals surface area contributed by atoms with Gasteiger partial charge in [-0.05, 0) is 118 Å². The van der Waals surface area contributed by atoms with Crippen molar-refractivity contribution in [2.24, 2.45) is 0 Å². The highest BCUT2D eigenvalue weighted by Crippen LogP contribution is 2.55. The van der Waals surface area contributed by atoms with Crippen LogP contribution in [0.3, 0.4) is 0 Å². The van der Waals surface area contributed by atoms with Crippen molar-refractivity contribution in [1.29, 1.82) is 0 Å². The molecule has 2 aromatic heterocycles. The van der Waals surface area contributed by atoms with Crippen molar-refractivity contribution in [3.8, 4) is 39.5 Å². The Labute approximate surface area is 357 Å².